The molecule has 0 spiro atoms. The number of hydrogen-bond donors (Lipinski definition) is 2. The van der Waals surface area contributed by atoms with Crippen LogP contribution in [0.5, 0.6) is 17.2 Å². The Hall–Kier alpha value is -3.99. The van der Waals surface area contributed by atoms with Gasteiger partial charge in [-0.2, -0.15) is 0 Å². The summed E-state index contributed by atoms with van der Waals surface area (Å²) in [6, 6.07) is 11.5. The van der Waals surface area contributed by atoms with Gasteiger partial charge in [-0.15, -0.1) is 0 Å². The number of morpholine rings is 1. The lowest BCUT2D eigenvalue weighted by atomic mass is 10.1. The molecule has 11 heteroatoms. The van der Waals surface area contributed by atoms with Gasteiger partial charge in [0.2, 0.25) is 12.7 Å². The lowest BCUT2D eigenvalue weighted by molar-refractivity contribution is -0.142. The molecule has 1 atom stereocenters. The molecule has 2 aromatic carbocycles. The van der Waals surface area contributed by atoms with Gasteiger partial charge in [-0.1, -0.05) is 12.1 Å². The van der Waals surface area contributed by atoms with E-state index in [1.165, 1.54) is 0 Å². The number of imide groups is 1. The van der Waals surface area contributed by atoms with Gasteiger partial charge < -0.3 is 34.1 Å². The second-order valence-corrected chi connectivity index (χ2v) is 7.96. The third-order valence-electron chi connectivity index (χ3n) is 5.68. The Morgan fingerprint density at radius 2 is 1.76 bits per heavy atom. The number of anilines is 2. The summed E-state index contributed by atoms with van der Waals surface area (Å²) in [7, 11) is 0. The normalized spacial score (nSPS) is 18.5. The zero-order chi connectivity index (χ0) is 23.5. The molecule has 0 aliphatic carbocycles. The van der Waals surface area contributed by atoms with E-state index in [2.05, 4.69) is 10.6 Å². The van der Waals surface area contributed by atoms with E-state index in [0.29, 0.717) is 54.9 Å². The van der Waals surface area contributed by atoms with E-state index in [-0.39, 0.29) is 25.8 Å². The van der Waals surface area contributed by atoms with Crippen molar-refractivity contribution in [2.45, 2.75) is 6.10 Å². The molecule has 0 radical (unpaired) electrons. The van der Waals surface area contributed by atoms with Crippen molar-refractivity contribution in [3.8, 4) is 17.2 Å². The number of rotatable bonds is 4. The molecule has 5 rings (SSSR count). The largest absolute Gasteiger partial charge is 0.477 e. The highest BCUT2D eigenvalue weighted by atomic mass is 16.7. The van der Waals surface area contributed by atoms with E-state index in [1.807, 2.05) is 12.1 Å². The maximum absolute atomic E-state index is 13.0. The third kappa shape index (κ3) is 4.69. The van der Waals surface area contributed by atoms with Gasteiger partial charge in [0.1, 0.15) is 5.75 Å². The molecule has 3 aliphatic heterocycles. The zero-order valence-electron chi connectivity index (χ0n) is 18.3. The van der Waals surface area contributed by atoms with Crippen molar-refractivity contribution in [3.63, 3.8) is 0 Å². The quantitative estimate of drug-likeness (QED) is 0.687. The highest BCUT2D eigenvalue weighted by Crippen LogP contribution is 2.35. The molecule has 2 aromatic rings. The van der Waals surface area contributed by atoms with Crippen LogP contribution in [0.1, 0.15) is 0 Å². The van der Waals surface area contributed by atoms with Gasteiger partial charge in [-0.05, 0) is 24.3 Å². The summed E-state index contributed by atoms with van der Waals surface area (Å²) in [5, 5.41) is 4.93. The number of ether oxygens (including phenoxy) is 4. The van der Waals surface area contributed by atoms with Crippen molar-refractivity contribution in [1.82, 2.24) is 10.2 Å². The summed E-state index contributed by atoms with van der Waals surface area (Å²) in [4.78, 5) is 41.5. The predicted molar refractivity (Wildman–Crippen MR) is 120 cm³/mol. The van der Waals surface area contributed by atoms with Gasteiger partial charge in [0.25, 0.3) is 5.91 Å². The first-order valence-electron chi connectivity index (χ1n) is 10.9. The minimum Gasteiger partial charge on any atom is -0.477 e. The van der Waals surface area contributed by atoms with E-state index in [4.69, 9.17) is 18.9 Å². The first kappa shape index (κ1) is 21.8. The molecule has 1 fully saturated rings. The molecule has 178 valence electrons. The molecule has 34 heavy (non-hydrogen) atoms. The van der Waals surface area contributed by atoms with Crippen LogP contribution in [0.4, 0.5) is 16.2 Å². The maximum atomic E-state index is 13.0. The minimum absolute atomic E-state index is 0.123. The van der Waals surface area contributed by atoms with Crippen LogP contribution in [0.25, 0.3) is 0 Å². The van der Waals surface area contributed by atoms with E-state index < -0.39 is 18.0 Å². The molecule has 0 saturated carbocycles. The fraction of sp³-hybridized carbons (Fsp3) is 0.348. The molecule has 3 aliphatic rings. The first-order valence-corrected chi connectivity index (χ1v) is 10.9. The number of hydrogen-bond acceptors (Lipinski definition) is 8. The molecular weight excluding hydrogens is 444 g/mol. The van der Waals surface area contributed by atoms with E-state index in [0.717, 1.165) is 0 Å². The van der Waals surface area contributed by atoms with Crippen molar-refractivity contribution in [1.29, 1.82) is 0 Å². The average Bonchev–Trinajstić information content (AvgIpc) is 3.32. The van der Waals surface area contributed by atoms with Crippen LogP contribution >= 0.6 is 0 Å². The summed E-state index contributed by atoms with van der Waals surface area (Å²) < 4.78 is 21.8. The SMILES string of the molecule is O=C(CN1C[C@H](C(=O)N2CCOCC2)Oc2ccccc21)NC(=O)Nc1ccc2c(c1)OCO2. The van der Waals surface area contributed by atoms with Gasteiger partial charge in [0.05, 0.1) is 32.0 Å². The Balaban J connectivity index is 1.22. The molecule has 4 amide bonds. The molecule has 1 saturated heterocycles. The van der Waals surface area contributed by atoms with Crippen LogP contribution in [-0.4, -0.2) is 75.0 Å². The van der Waals surface area contributed by atoms with Crippen molar-refractivity contribution in [2.75, 3.05) is 56.4 Å². The number of benzene rings is 2. The van der Waals surface area contributed by atoms with Gasteiger partial charge in [0.15, 0.2) is 17.6 Å². The van der Waals surface area contributed by atoms with Gasteiger partial charge in [-0.3, -0.25) is 14.9 Å². The van der Waals surface area contributed by atoms with E-state index in [9.17, 15) is 14.4 Å². The summed E-state index contributed by atoms with van der Waals surface area (Å²) in [6.45, 7) is 2.16. The number of fused-ring (bicyclic) bond motifs is 2. The predicted octanol–water partition coefficient (Wildman–Crippen LogP) is 1.19. The van der Waals surface area contributed by atoms with Crippen molar-refractivity contribution < 1.29 is 33.3 Å². The van der Waals surface area contributed by atoms with Gasteiger partial charge in [0, 0.05) is 24.8 Å². The molecule has 0 unspecified atom stereocenters. The number of amides is 4. The summed E-state index contributed by atoms with van der Waals surface area (Å²) >= 11 is 0. The number of urea groups is 1. The Morgan fingerprint density at radius 1 is 0.971 bits per heavy atom. The van der Waals surface area contributed by atoms with E-state index >= 15 is 0 Å². The Bertz CT molecular complexity index is 1100. The second kappa shape index (κ2) is 9.48. The lowest BCUT2D eigenvalue weighted by Crippen LogP contribution is -2.54. The topological polar surface area (TPSA) is 119 Å². The fourth-order valence-electron chi connectivity index (χ4n) is 4.05. The highest BCUT2D eigenvalue weighted by molar-refractivity contribution is 6.02. The lowest BCUT2D eigenvalue weighted by Gasteiger charge is -2.37. The smallest absolute Gasteiger partial charge is 0.325 e. The van der Waals surface area contributed by atoms with E-state index in [1.54, 1.807) is 40.1 Å². The van der Waals surface area contributed by atoms with Crippen molar-refractivity contribution in [3.05, 3.63) is 42.5 Å². The third-order valence-corrected chi connectivity index (χ3v) is 5.68. The molecule has 0 aromatic heterocycles. The number of carbonyl (C=O) groups is 3. The van der Waals surface area contributed by atoms with Crippen LogP contribution < -0.4 is 29.7 Å². The summed E-state index contributed by atoms with van der Waals surface area (Å²) in [6.07, 6.45) is -0.761. The van der Waals surface area contributed by atoms with Crippen LogP contribution in [0, 0.1) is 0 Å². The van der Waals surface area contributed by atoms with Crippen LogP contribution in [0.15, 0.2) is 42.5 Å². The molecule has 0 bridgehead atoms. The zero-order valence-corrected chi connectivity index (χ0v) is 18.3. The standard InChI is InChI=1S/C23H24N4O7/c28-21(25-23(30)24-15-5-6-18-19(11-15)33-14-32-18)13-27-12-20(22(29)26-7-9-31-10-8-26)34-17-4-2-1-3-16(17)27/h1-6,11,20H,7-10,12-14H2,(H2,24,25,28,30)/t20-/m1/s1. The number of nitrogens with zero attached hydrogens (tertiary/aromatic N) is 2. The number of carbonyl (C=O) groups excluding carboxylic acids is 3. The highest BCUT2D eigenvalue weighted by Gasteiger charge is 2.34. The minimum atomic E-state index is -0.761. The Labute approximate surface area is 195 Å². The fourth-order valence-corrected chi connectivity index (χ4v) is 4.05. The van der Waals surface area contributed by atoms with Crippen LogP contribution in [0.2, 0.25) is 0 Å². The Morgan fingerprint density at radius 3 is 2.62 bits per heavy atom. The second-order valence-electron chi connectivity index (χ2n) is 7.96. The molecular formula is C23H24N4O7. The molecule has 2 N–H and O–H groups in total. The van der Waals surface area contributed by atoms with Gasteiger partial charge in [-0.25, -0.2) is 4.79 Å². The molecule has 11 nitrogen and oxygen atoms in total. The van der Waals surface area contributed by atoms with Crippen molar-refractivity contribution >= 4 is 29.2 Å². The van der Waals surface area contributed by atoms with Crippen LogP contribution in [0.3, 0.4) is 0 Å². The summed E-state index contributed by atoms with van der Waals surface area (Å²) in [5.41, 5.74) is 1.14. The van der Waals surface area contributed by atoms with Crippen molar-refractivity contribution in [2.24, 2.45) is 0 Å². The summed E-state index contributed by atoms with van der Waals surface area (Å²) in [5.74, 6) is 0.952. The van der Waals surface area contributed by atoms with Crippen LogP contribution in [-0.2, 0) is 14.3 Å². The average molecular weight is 468 g/mol. The Kier molecular flexibility index (Phi) is 6.09. The first-order chi connectivity index (χ1) is 16.6. The monoisotopic (exact) mass is 468 g/mol. The number of nitrogens with one attached hydrogen (secondary N) is 2. The van der Waals surface area contributed by atoms with Gasteiger partial charge >= 0.3 is 6.03 Å². The molecule has 3 heterocycles. The number of para-hydroxylation sites is 2. The maximum Gasteiger partial charge on any atom is 0.325 e.